The van der Waals surface area contributed by atoms with E-state index in [1.165, 1.54) is 27.8 Å². The Kier molecular flexibility index (Phi) is 4.79. The third-order valence-corrected chi connectivity index (χ3v) is 5.84. The van der Waals surface area contributed by atoms with Gasteiger partial charge in [-0.05, 0) is 67.3 Å². The molecule has 1 saturated heterocycles. The van der Waals surface area contributed by atoms with Crippen molar-refractivity contribution in [3.63, 3.8) is 0 Å². The van der Waals surface area contributed by atoms with Crippen molar-refractivity contribution in [1.29, 1.82) is 0 Å². The second-order valence-electron chi connectivity index (χ2n) is 7.63. The summed E-state index contributed by atoms with van der Waals surface area (Å²) >= 11 is 0. The van der Waals surface area contributed by atoms with Gasteiger partial charge in [0, 0.05) is 6.04 Å². The minimum atomic E-state index is -0.198. The van der Waals surface area contributed by atoms with E-state index in [0.29, 0.717) is 0 Å². The van der Waals surface area contributed by atoms with Gasteiger partial charge >= 0.3 is 0 Å². The van der Waals surface area contributed by atoms with Gasteiger partial charge in [0.2, 0.25) is 5.91 Å². The molecule has 2 aromatic rings. The summed E-state index contributed by atoms with van der Waals surface area (Å²) in [5.74, 6) is 0.0885. The molecular formula is C22H27N3O. The smallest absolute Gasteiger partial charge is 0.239 e. The molecule has 2 aliphatic rings. The summed E-state index contributed by atoms with van der Waals surface area (Å²) in [5.41, 5.74) is 13.0. The summed E-state index contributed by atoms with van der Waals surface area (Å²) in [5, 5.41) is 3.27. The van der Waals surface area contributed by atoms with Crippen molar-refractivity contribution < 1.29 is 4.79 Å². The normalized spacial score (nSPS) is 24.9. The number of aryl methyl sites for hydroxylation is 3. The van der Waals surface area contributed by atoms with Crippen molar-refractivity contribution in [2.24, 2.45) is 0 Å². The maximum Gasteiger partial charge on any atom is 0.239 e. The highest BCUT2D eigenvalue weighted by molar-refractivity contribution is 5.82. The average molecular weight is 349 g/mol. The third kappa shape index (κ3) is 3.39. The largest absolute Gasteiger partial charge is 0.348 e. The van der Waals surface area contributed by atoms with E-state index >= 15 is 0 Å². The quantitative estimate of drug-likeness (QED) is 0.796. The van der Waals surface area contributed by atoms with E-state index in [9.17, 15) is 4.79 Å². The van der Waals surface area contributed by atoms with Crippen molar-refractivity contribution in [3.8, 4) is 0 Å². The molecule has 2 aromatic carbocycles. The SMILES string of the molecule is Cc1ccc(C2CC(C(=O)NC3CCCc4ccccc43)NN2)cc1C. The van der Waals surface area contributed by atoms with E-state index < -0.39 is 0 Å². The Morgan fingerprint density at radius 3 is 2.77 bits per heavy atom. The predicted molar refractivity (Wildman–Crippen MR) is 104 cm³/mol. The van der Waals surface area contributed by atoms with E-state index in [1.807, 2.05) is 0 Å². The predicted octanol–water partition coefficient (Wildman–Crippen LogP) is 3.40. The van der Waals surface area contributed by atoms with Crippen LogP contribution in [0.3, 0.4) is 0 Å². The number of benzene rings is 2. The molecule has 1 aliphatic heterocycles. The standard InChI is InChI=1S/C22H27N3O/c1-14-10-11-17(12-15(14)2)20-13-21(25-24-20)22(26)23-19-9-5-7-16-6-3-4-8-18(16)19/h3-4,6,8,10-12,19-21,24-25H,5,7,9,13H2,1-2H3,(H,23,26). The van der Waals surface area contributed by atoms with Crippen LogP contribution in [-0.2, 0) is 11.2 Å². The number of hydrogen-bond acceptors (Lipinski definition) is 3. The Morgan fingerprint density at radius 1 is 1.08 bits per heavy atom. The highest BCUT2D eigenvalue weighted by Gasteiger charge is 2.32. The molecule has 136 valence electrons. The maximum absolute atomic E-state index is 12.8. The van der Waals surface area contributed by atoms with Crippen LogP contribution in [0.1, 0.15) is 59.2 Å². The second-order valence-corrected chi connectivity index (χ2v) is 7.63. The van der Waals surface area contributed by atoms with E-state index in [0.717, 1.165) is 25.7 Å². The molecule has 0 bridgehead atoms. The van der Waals surface area contributed by atoms with Crippen LogP contribution in [0.15, 0.2) is 42.5 Å². The fourth-order valence-electron chi connectivity index (χ4n) is 4.10. The van der Waals surface area contributed by atoms with Gasteiger partial charge in [-0.15, -0.1) is 0 Å². The summed E-state index contributed by atoms with van der Waals surface area (Å²) in [7, 11) is 0. The minimum absolute atomic E-state index is 0.0885. The van der Waals surface area contributed by atoms with E-state index in [4.69, 9.17) is 0 Å². The van der Waals surface area contributed by atoms with Crippen molar-refractivity contribution in [2.75, 3.05) is 0 Å². The molecule has 1 heterocycles. The van der Waals surface area contributed by atoms with Gasteiger partial charge in [-0.25, -0.2) is 10.9 Å². The average Bonchev–Trinajstić information content (AvgIpc) is 3.15. The van der Waals surface area contributed by atoms with Crippen LogP contribution < -0.4 is 16.2 Å². The van der Waals surface area contributed by atoms with Gasteiger partial charge < -0.3 is 5.32 Å². The van der Waals surface area contributed by atoms with Crippen LogP contribution in [-0.4, -0.2) is 11.9 Å². The number of carbonyl (C=O) groups excluding carboxylic acids is 1. The lowest BCUT2D eigenvalue weighted by Crippen LogP contribution is -2.44. The lowest BCUT2D eigenvalue weighted by molar-refractivity contribution is -0.123. The zero-order valence-corrected chi connectivity index (χ0v) is 15.5. The van der Waals surface area contributed by atoms with Crippen molar-refractivity contribution in [2.45, 2.75) is 57.7 Å². The number of amides is 1. The Labute approximate surface area is 155 Å². The topological polar surface area (TPSA) is 53.2 Å². The minimum Gasteiger partial charge on any atom is -0.348 e. The molecule has 26 heavy (non-hydrogen) atoms. The van der Waals surface area contributed by atoms with Gasteiger partial charge in [0.1, 0.15) is 6.04 Å². The van der Waals surface area contributed by atoms with Crippen LogP contribution in [0.2, 0.25) is 0 Å². The van der Waals surface area contributed by atoms with Crippen LogP contribution in [0.5, 0.6) is 0 Å². The van der Waals surface area contributed by atoms with Gasteiger partial charge in [0.05, 0.1) is 6.04 Å². The number of nitrogens with one attached hydrogen (secondary N) is 3. The Morgan fingerprint density at radius 2 is 1.92 bits per heavy atom. The van der Waals surface area contributed by atoms with Gasteiger partial charge in [-0.1, -0.05) is 42.5 Å². The second kappa shape index (κ2) is 7.22. The zero-order chi connectivity index (χ0) is 18.1. The summed E-state index contributed by atoms with van der Waals surface area (Å²) < 4.78 is 0. The molecule has 0 radical (unpaired) electrons. The van der Waals surface area contributed by atoms with E-state index in [1.54, 1.807) is 0 Å². The number of fused-ring (bicyclic) bond motifs is 1. The molecule has 4 nitrogen and oxygen atoms in total. The van der Waals surface area contributed by atoms with Crippen LogP contribution in [0, 0.1) is 13.8 Å². The molecule has 1 amide bonds. The number of hydrogen-bond donors (Lipinski definition) is 3. The summed E-state index contributed by atoms with van der Waals surface area (Å²) in [4.78, 5) is 12.8. The molecule has 4 rings (SSSR count). The van der Waals surface area contributed by atoms with Crippen LogP contribution in [0.25, 0.3) is 0 Å². The van der Waals surface area contributed by atoms with Gasteiger partial charge in [-0.2, -0.15) is 0 Å². The number of rotatable bonds is 3. The molecule has 1 aliphatic carbocycles. The van der Waals surface area contributed by atoms with E-state index in [2.05, 4.69) is 72.5 Å². The lowest BCUT2D eigenvalue weighted by atomic mass is 9.87. The molecule has 3 unspecified atom stereocenters. The molecular weight excluding hydrogens is 322 g/mol. The first-order chi connectivity index (χ1) is 12.6. The van der Waals surface area contributed by atoms with Crippen molar-refractivity contribution in [1.82, 2.24) is 16.2 Å². The van der Waals surface area contributed by atoms with Gasteiger partial charge in [0.25, 0.3) is 0 Å². The first-order valence-corrected chi connectivity index (χ1v) is 9.58. The first-order valence-electron chi connectivity index (χ1n) is 9.58. The van der Waals surface area contributed by atoms with Gasteiger partial charge in [-0.3, -0.25) is 4.79 Å². The lowest BCUT2D eigenvalue weighted by Gasteiger charge is -2.27. The number of hydrazine groups is 1. The Hall–Kier alpha value is -2.17. The van der Waals surface area contributed by atoms with Crippen molar-refractivity contribution >= 4 is 5.91 Å². The highest BCUT2D eigenvalue weighted by Crippen LogP contribution is 2.30. The van der Waals surface area contributed by atoms with Crippen molar-refractivity contribution in [3.05, 3.63) is 70.3 Å². The van der Waals surface area contributed by atoms with Gasteiger partial charge in [0.15, 0.2) is 0 Å². The molecule has 4 heteroatoms. The molecule has 1 fully saturated rings. The fourth-order valence-corrected chi connectivity index (χ4v) is 4.10. The summed E-state index contributed by atoms with van der Waals surface area (Å²) in [6.07, 6.45) is 4.02. The molecule has 3 N–H and O–H groups in total. The number of carbonyl (C=O) groups is 1. The molecule has 3 atom stereocenters. The van der Waals surface area contributed by atoms with E-state index in [-0.39, 0.29) is 24.0 Å². The Bertz CT molecular complexity index is 817. The fraction of sp³-hybridized carbons (Fsp3) is 0.409. The first kappa shape index (κ1) is 17.3. The maximum atomic E-state index is 12.8. The molecule has 0 spiro atoms. The Balaban J connectivity index is 1.41. The zero-order valence-electron chi connectivity index (χ0n) is 15.5. The monoisotopic (exact) mass is 349 g/mol. The van der Waals surface area contributed by atoms with Crippen LogP contribution >= 0.6 is 0 Å². The summed E-state index contributed by atoms with van der Waals surface area (Å²) in [6.45, 7) is 4.25. The summed E-state index contributed by atoms with van der Waals surface area (Å²) in [6, 6.07) is 15.1. The van der Waals surface area contributed by atoms with Crippen LogP contribution in [0.4, 0.5) is 0 Å². The molecule has 0 saturated carbocycles. The third-order valence-electron chi connectivity index (χ3n) is 5.84. The highest BCUT2D eigenvalue weighted by atomic mass is 16.2. The molecule has 0 aromatic heterocycles.